The summed E-state index contributed by atoms with van der Waals surface area (Å²) in [5.41, 5.74) is 0. The van der Waals surface area contributed by atoms with Gasteiger partial charge in [-0.2, -0.15) is 0 Å². The van der Waals surface area contributed by atoms with Crippen molar-refractivity contribution in [2.24, 2.45) is 0 Å². The Kier molecular flexibility index (Phi) is 43.2. The number of hydrogen-bond acceptors (Lipinski definition) is 10. The fraction of sp³-hybridized carbons (Fsp3) is 0.891. The van der Waals surface area contributed by atoms with E-state index in [1.807, 2.05) is 0 Å². The van der Waals surface area contributed by atoms with Crippen molar-refractivity contribution in [3.05, 3.63) is 24.3 Å². The Balaban J connectivity index is 2.23. The van der Waals surface area contributed by atoms with E-state index in [1.54, 1.807) is 0 Å². The van der Waals surface area contributed by atoms with Crippen LogP contribution in [0.2, 0.25) is 0 Å². The third-order valence-electron chi connectivity index (χ3n) is 12.8. The zero-order valence-electron chi connectivity index (χ0n) is 42.0. The van der Waals surface area contributed by atoms with Gasteiger partial charge in [0.25, 0.3) is 0 Å². The van der Waals surface area contributed by atoms with Crippen LogP contribution in [0.5, 0.6) is 0 Å². The summed E-state index contributed by atoms with van der Waals surface area (Å²) in [7, 11) is 0. The van der Waals surface area contributed by atoms with Gasteiger partial charge in [0.05, 0.1) is 13.2 Å². The molecule has 0 spiro atoms. The maximum Gasteiger partial charge on any atom is 0.306 e. The monoisotopic (exact) mass is 923 g/mol. The normalized spacial score (nSPS) is 19.4. The van der Waals surface area contributed by atoms with Gasteiger partial charge in [-0.1, -0.05) is 205 Å². The molecule has 0 saturated carbocycles. The Morgan fingerprint density at radius 3 is 1.20 bits per heavy atom. The highest BCUT2D eigenvalue weighted by Crippen LogP contribution is 2.23. The molecule has 0 aromatic heterocycles. The minimum Gasteiger partial charge on any atom is -0.462 e. The van der Waals surface area contributed by atoms with Crippen LogP contribution in [0.1, 0.15) is 258 Å². The van der Waals surface area contributed by atoms with Crippen LogP contribution < -0.4 is 0 Å². The predicted molar refractivity (Wildman–Crippen MR) is 266 cm³/mol. The first-order valence-corrected chi connectivity index (χ1v) is 27.4. The van der Waals surface area contributed by atoms with Crippen molar-refractivity contribution >= 4 is 11.9 Å². The highest BCUT2D eigenvalue weighted by molar-refractivity contribution is 5.70. The van der Waals surface area contributed by atoms with Crippen molar-refractivity contribution in [2.45, 2.75) is 295 Å². The van der Waals surface area contributed by atoms with E-state index in [9.17, 15) is 30.0 Å². The molecule has 0 aromatic rings. The number of carbonyl (C=O) groups is 2. The average molecular weight is 923 g/mol. The number of allylic oxidation sites excluding steroid dienone is 4. The Morgan fingerprint density at radius 1 is 0.462 bits per heavy atom. The van der Waals surface area contributed by atoms with Gasteiger partial charge in [0.1, 0.15) is 31.0 Å². The number of aliphatic hydroxyl groups is 4. The number of esters is 2. The molecule has 6 unspecified atom stereocenters. The summed E-state index contributed by atoms with van der Waals surface area (Å²) in [6.07, 6.45) is 46.1. The van der Waals surface area contributed by atoms with Gasteiger partial charge < -0.3 is 39.4 Å². The Morgan fingerprint density at radius 2 is 0.815 bits per heavy atom. The van der Waals surface area contributed by atoms with Gasteiger partial charge in [0.2, 0.25) is 0 Å². The van der Waals surface area contributed by atoms with Crippen LogP contribution in [0.4, 0.5) is 0 Å². The van der Waals surface area contributed by atoms with Crippen LogP contribution in [0.15, 0.2) is 24.3 Å². The van der Waals surface area contributed by atoms with Crippen molar-refractivity contribution in [3.8, 4) is 0 Å². The van der Waals surface area contributed by atoms with E-state index in [4.69, 9.17) is 18.9 Å². The first kappa shape index (κ1) is 61.2. The molecule has 6 atom stereocenters. The Hall–Kier alpha value is -1.82. The summed E-state index contributed by atoms with van der Waals surface area (Å²) >= 11 is 0. The molecule has 0 bridgehead atoms. The second-order valence-electron chi connectivity index (χ2n) is 19.0. The van der Waals surface area contributed by atoms with Gasteiger partial charge in [0, 0.05) is 12.8 Å². The van der Waals surface area contributed by atoms with Crippen molar-refractivity contribution < 1.29 is 49.0 Å². The number of ether oxygens (including phenoxy) is 4. The topological polar surface area (TPSA) is 152 Å². The number of rotatable bonds is 47. The zero-order valence-corrected chi connectivity index (χ0v) is 42.0. The molecule has 1 aliphatic rings. The first-order valence-electron chi connectivity index (χ1n) is 27.4. The lowest BCUT2D eigenvalue weighted by molar-refractivity contribution is -0.305. The summed E-state index contributed by atoms with van der Waals surface area (Å²) in [4.78, 5) is 25.5. The standard InChI is InChI=1S/C55H102O10/c1-3-5-7-9-11-13-15-17-19-21-23-24-26-28-30-32-34-36-38-40-42-44-51(58)64-48(47-63-55-54(61)53(60)52(59)49(45-56)65-55)46-62-50(57)43-41-39-37-35-33-31-29-27-25-22-20-18-16-14-12-10-8-6-4-2/h18,20-21,23,48-49,52-56,59-61H,3-17,19,22,24-47H2,1-2H3/b20-18-,23-21-. The number of aliphatic hydroxyl groups excluding tert-OH is 4. The minimum atomic E-state index is -1.59. The smallest absolute Gasteiger partial charge is 0.306 e. The molecule has 0 radical (unpaired) electrons. The average Bonchev–Trinajstić information content (AvgIpc) is 3.30. The summed E-state index contributed by atoms with van der Waals surface area (Å²) in [5.74, 6) is -0.799. The van der Waals surface area contributed by atoms with Gasteiger partial charge >= 0.3 is 11.9 Å². The SMILES string of the molecule is CCCCCCCC/C=C\CCCCCCCCCCCC(=O)OCC(COC1OC(CO)C(O)C(O)C1O)OC(=O)CCCCCCCCCCC/C=C\CCCCCCCCCC. The second-order valence-corrected chi connectivity index (χ2v) is 19.0. The van der Waals surface area contributed by atoms with E-state index in [0.29, 0.717) is 6.42 Å². The highest BCUT2D eigenvalue weighted by atomic mass is 16.7. The Bertz CT molecular complexity index is 1110. The van der Waals surface area contributed by atoms with Crippen molar-refractivity contribution in [1.29, 1.82) is 0 Å². The molecule has 10 nitrogen and oxygen atoms in total. The van der Waals surface area contributed by atoms with Crippen molar-refractivity contribution in [2.75, 3.05) is 19.8 Å². The quantitative estimate of drug-likeness (QED) is 0.0264. The van der Waals surface area contributed by atoms with E-state index in [-0.39, 0.29) is 32.0 Å². The molecule has 10 heteroatoms. The van der Waals surface area contributed by atoms with Gasteiger partial charge in [-0.25, -0.2) is 0 Å². The molecular formula is C55H102O10. The molecule has 65 heavy (non-hydrogen) atoms. The lowest BCUT2D eigenvalue weighted by Gasteiger charge is -2.39. The molecule has 1 rings (SSSR count). The van der Waals surface area contributed by atoms with Gasteiger partial charge in [-0.15, -0.1) is 0 Å². The van der Waals surface area contributed by atoms with Crippen molar-refractivity contribution in [1.82, 2.24) is 0 Å². The molecule has 0 amide bonds. The van der Waals surface area contributed by atoms with Gasteiger partial charge in [-0.05, 0) is 64.2 Å². The Labute approximate surface area is 398 Å². The van der Waals surface area contributed by atoms with Crippen LogP contribution in [0.25, 0.3) is 0 Å². The molecule has 382 valence electrons. The van der Waals surface area contributed by atoms with Gasteiger partial charge in [-0.3, -0.25) is 9.59 Å². The zero-order chi connectivity index (χ0) is 47.3. The fourth-order valence-electron chi connectivity index (χ4n) is 8.47. The van der Waals surface area contributed by atoms with Crippen LogP contribution in [-0.4, -0.2) is 89.0 Å². The fourth-order valence-corrected chi connectivity index (χ4v) is 8.47. The summed E-state index contributed by atoms with van der Waals surface area (Å²) in [6.45, 7) is 3.46. The summed E-state index contributed by atoms with van der Waals surface area (Å²) < 4.78 is 22.3. The van der Waals surface area contributed by atoms with E-state index in [2.05, 4.69) is 38.2 Å². The predicted octanol–water partition coefficient (Wildman–Crippen LogP) is 13.2. The molecule has 0 aliphatic carbocycles. The van der Waals surface area contributed by atoms with E-state index < -0.39 is 49.4 Å². The third kappa shape index (κ3) is 36.8. The van der Waals surface area contributed by atoms with Crippen LogP contribution in [-0.2, 0) is 28.5 Å². The van der Waals surface area contributed by atoms with E-state index in [1.165, 1.54) is 180 Å². The lowest BCUT2D eigenvalue weighted by Crippen LogP contribution is -2.59. The third-order valence-corrected chi connectivity index (χ3v) is 12.8. The van der Waals surface area contributed by atoms with E-state index >= 15 is 0 Å². The van der Waals surface area contributed by atoms with Crippen LogP contribution in [0.3, 0.4) is 0 Å². The maximum atomic E-state index is 12.9. The lowest BCUT2D eigenvalue weighted by atomic mass is 9.99. The summed E-state index contributed by atoms with van der Waals surface area (Å²) in [6, 6.07) is 0. The molecule has 4 N–H and O–H groups in total. The molecular weight excluding hydrogens is 821 g/mol. The minimum absolute atomic E-state index is 0.216. The van der Waals surface area contributed by atoms with E-state index in [0.717, 1.165) is 44.9 Å². The second kappa shape index (κ2) is 45.9. The molecule has 0 aromatic carbocycles. The summed E-state index contributed by atoms with van der Waals surface area (Å²) in [5, 5.41) is 40.3. The number of unbranched alkanes of at least 4 members (excludes halogenated alkanes) is 32. The molecule has 1 saturated heterocycles. The van der Waals surface area contributed by atoms with Crippen LogP contribution >= 0.6 is 0 Å². The van der Waals surface area contributed by atoms with Gasteiger partial charge in [0.15, 0.2) is 12.4 Å². The van der Waals surface area contributed by atoms with Crippen molar-refractivity contribution in [3.63, 3.8) is 0 Å². The molecule has 1 fully saturated rings. The molecule has 1 heterocycles. The number of hydrogen-bond donors (Lipinski definition) is 4. The largest absolute Gasteiger partial charge is 0.462 e. The molecule has 1 aliphatic heterocycles. The van der Waals surface area contributed by atoms with Crippen LogP contribution in [0, 0.1) is 0 Å². The maximum absolute atomic E-state index is 12.9. The first-order chi connectivity index (χ1) is 31.8. The highest BCUT2D eigenvalue weighted by Gasteiger charge is 2.44. The number of carbonyl (C=O) groups excluding carboxylic acids is 2.